The van der Waals surface area contributed by atoms with Crippen molar-refractivity contribution in [2.75, 3.05) is 17.2 Å². The van der Waals surface area contributed by atoms with Crippen LogP contribution in [0.5, 0.6) is 0 Å². The maximum absolute atomic E-state index is 13.1. The summed E-state index contributed by atoms with van der Waals surface area (Å²) in [6.07, 6.45) is -1.87. The van der Waals surface area contributed by atoms with Crippen LogP contribution >= 0.6 is 23.4 Å². The molecule has 1 aromatic carbocycles. The number of thioether (sulfide) groups is 1. The molecule has 0 saturated carbocycles. The van der Waals surface area contributed by atoms with Gasteiger partial charge in [-0.3, -0.25) is 9.20 Å². The third-order valence-corrected chi connectivity index (χ3v) is 5.70. The summed E-state index contributed by atoms with van der Waals surface area (Å²) in [7, 11) is 0. The summed E-state index contributed by atoms with van der Waals surface area (Å²) >= 11 is 6.95. The van der Waals surface area contributed by atoms with Gasteiger partial charge in [-0.2, -0.15) is 13.2 Å². The highest BCUT2D eigenvalue weighted by Gasteiger charge is 2.32. The maximum Gasteiger partial charge on any atom is 0.417 e. The Kier molecular flexibility index (Phi) is 4.96. The van der Waals surface area contributed by atoms with Gasteiger partial charge in [-0.15, -0.1) is 10.2 Å². The Balaban J connectivity index is 1.57. The van der Waals surface area contributed by atoms with Crippen molar-refractivity contribution in [2.45, 2.75) is 24.2 Å². The first-order valence-corrected chi connectivity index (χ1v) is 9.83. The zero-order valence-corrected chi connectivity index (χ0v) is 16.0. The fraction of sp³-hybridized carbons (Fsp3) is 0.278. The van der Waals surface area contributed by atoms with E-state index in [1.807, 2.05) is 24.3 Å². The molecule has 146 valence electrons. The quantitative estimate of drug-likeness (QED) is 0.580. The van der Waals surface area contributed by atoms with E-state index < -0.39 is 11.7 Å². The summed E-state index contributed by atoms with van der Waals surface area (Å²) < 4.78 is 40.3. The maximum atomic E-state index is 13.1. The van der Waals surface area contributed by atoms with E-state index in [0.29, 0.717) is 6.54 Å². The molecule has 1 amide bonds. The first kappa shape index (κ1) is 19.1. The minimum absolute atomic E-state index is 0.0307. The number of nitrogens with zero attached hydrogens (tertiary/aromatic N) is 4. The summed E-state index contributed by atoms with van der Waals surface area (Å²) in [5.74, 6) is -0.102. The second-order valence-electron chi connectivity index (χ2n) is 6.32. The van der Waals surface area contributed by atoms with Crippen molar-refractivity contribution in [3.05, 3.63) is 52.7 Å². The Morgan fingerprint density at radius 2 is 2.04 bits per heavy atom. The van der Waals surface area contributed by atoms with Gasteiger partial charge in [0, 0.05) is 18.4 Å². The predicted molar refractivity (Wildman–Crippen MR) is 101 cm³/mol. The van der Waals surface area contributed by atoms with E-state index in [-0.39, 0.29) is 27.5 Å². The molecule has 0 bridgehead atoms. The molecule has 0 spiro atoms. The van der Waals surface area contributed by atoms with Gasteiger partial charge in [0.05, 0.1) is 16.3 Å². The van der Waals surface area contributed by atoms with Crippen molar-refractivity contribution in [3.63, 3.8) is 0 Å². The number of benzene rings is 1. The van der Waals surface area contributed by atoms with Crippen LogP contribution in [-0.4, -0.2) is 32.8 Å². The van der Waals surface area contributed by atoms with Crippen molar-refractivity contribution < 1.29 is 18.0 Å². The first-order valence-electron chi connectivity index (χ1n) is 8.47. The monoisotopic (exact) mass is 426 g/mol. The van der Waals surface area contributed by atoms with Crippen LogP contribution in [0.15, 0.2) is 41.7 Å². The largest absolute Gasteiger partial charge is 0.417 e. The lowest BCUT2D eigenvalue weighted by Crippen LogP contribution is -2.36. The van der Waals surface area contributed by atoms with Crippen LogP contribution in [0.2, 0.25) is 5.02 Å². The minimum atomic E-state index is -4.54. The average molecular weight is 427 g/mol. The molecule has 1 aliphatic heterocycles. The van der Waals surface area contributed by atoms with E-state index in [2.05, 4.69) is 10.2 Å². The molecule has 0 N–H and O–H groups in total. The van der Waals surface area contributed by atoms with Crippen molar-refractivity contribution in [1.82, 2.24) is 14.6 Å². The predicted octanol–water partition coefficient (Wildman–Crippen LogP) is 4.47. The third kappa shape index (κ3) is 3.56. The number of anilines is 1. The minimum Gasteiger partial charge on any atom is -0.311 e. The molecule has 0 radical (unpaired) electrons. The van der Waals surface area contributed by atoms with Gasteiger partial charge in [0.15, 0.2) is 10.8 Å². The Hall–Kier alpha value is -2.26. The highest BCUT2D eigenvalue weighted by atomic mass is 35.5. The number of alkyl halides is 3. The lowest BCUT2D eigenvalue weighted by Gasteiger charge is -2.29. The molecule has 10 heteroatoms. The molecule has 0 fully saturated rings. The summed E-state index contributed by atoms with van der Waals surface area (Å²) in [5, 5.41) is 7.76. The molecule has 2 aromatic heterocycles. The normalized spacial score (nSPS) is 14.4. The van der Waals surface area contributed by atoms with Crippen LogP contribution in [0, 0.1) is 0 Å². The number of halogens is 4. The number of hydrogen-bond acceptors (Lipinski definition) is 4. The molecule has 28 heavy (non-hydrogen) atoms. The first-order chi connectivity index (χ1) is 13.3. The zero-order chi connectivity index (χ0) is 19.9. The van der Waals surface area contributed by atoms with Gasteiger partial charge in [0.25, 0.3) is 0 Å². The van der Waals surface area contributed by atoms with Crippen LogP contribution < -0.4 is 4.90 Å². The van der Waals surface area contributed by atoms with Gasteiger partial charge in [-0.1, -0.05) is 41.6 Å². The number of rotatable bonds is 3. The van der Waals surface area contributed by atoms with E-state index in [4.69, 9.17) is 11.6 Å². The van der Waals surface area contributed by atoms with Gasteiger partial charge < -0.3 is 4.90 Å². The molecule has 0 unspecified atom stereocenters. The molecule has 0 atom stereocenters. The molecule has 0 saturated heterocycles. The van der Waals surface area contributed by atoms with Gasteiger partial charge in [0.1, 0.15) is 0 Å². The topological polar surface area (TPSA) is 50.5 Å². The number of carbonyl (C=O) groups is 1. The number of hydrogen-bond donors (Lipinski definition) is 0. The van der Waals surface area contributed by atoms with E-state index in [1.165, 1.54) is 4.40 Å². The van der Waals surface area contributed by atoms with Crippen molar-refractivity contribution in [1.29, 1.82) is 0 Å². The summed E-state index contributed by atoms with van der Waals surface area (Å²) in [5.41, 5.74) is 1.21. The second-order valence-corrected chi connectivity index (χ2v) is 7.67. The van der Waals surface area contributed by atoms with E-state index in [1.54, 1.807) is 4.90 Å². The number of aryl methyl sites for hydroxylation is 1. The molecular weight excluding hydrogens is 413 g/mol. The van der Waals surface area contributed by atoms with E-state index >= 15 is 0 Å². The van der Waals surface area contributed by atoms with Crippen molar-refractivity contribution in [3.8, 4) is 0 Å². The number of fused-ring (bicyclic) bond motifs is 2. The summed E-state index contributed by atoms with van der Waals surface area (Å²) in [6.45, 7) is 0.612. The van der Waals surface area contributed by atoms with Crippen LogP contribution in [0.4, 0.5) is 18.9 Å². The van der Waals surface area contributed by atoms with Crippen LogP contribution in [0.25, 0.3) is 5.65 Å². The number of carbonyl (C=O) groups excluding carboxylic acids is 1. The van der Waals surface area contributed by atoms with Crippen LogP contribution in [0.1, 0.15) is 17.5 Å². The second kappa shape index (κ2) is 7.29. The molecule has 1 aliphatic rings. The van der Waals surface area contributed by atoms with Gasteiger partial charge >= 0.3 is 6.18 Å². The Morgan fingerprint density at radius 3 is 2.82 bits per heavy atom. The van der Waals surface area contributed by atoms with Gasteiger partial charge in [0.2, 0.25) is 5.91 Å². The number of aromatic nitrogens is 3. The average Bonchev–Trinajstić information content (AvgIpc) is 3.08. The number of pyridine rings is 1. The number of amides is 1. The zero-order valence-electron chi connectivity index (χ0n) is 14.4. The van der Waals surface area contributed by atoms with Crippen LogP contribution in [0.3, 0.4) is 0 Å². The smallest absolute Gasteiger partial charge is 0.311 e. The lowest BCUT2D eigenvalue weighted by atomic mass is 10.0. The number of para-hydroxylation sites is 1. The van der Waals surface area contributed by atoms with Gasteiger partial charge in [-0.25, -0.2) is 0 Å². The van der Waals surface area contributed by atoms with Gasteiger partial charge in [-0.05, 0) is 30.5 Å². The van der Waals surface area contributed by atoms with E-state index in [0.717, 1.165) is 48.1 Å². The lowest BCUT2D eigenvalue weighted by molar-refractivity contribution is -0.137. The Morgan fingerprint density at radius 1 is 1.25 bits per heavy atom. The Labute approximate surface area is 167 Å². The molecule has 3 aromatic rings. The Bertz CT molecular complexity index is 1050. The third-order valence-electron chi connectivity index (χ3n) is 4.49. The van der Waals surface area contributed by atoms with Crippen LogP contribution in [-0.2, 0) is 17.4 Å². The highest BCUT2D eigenvalue weighted by Crippen LogP contribution is 2.33. The standard InChI is InChI=1S/C18H14ClF3N4OS/c19-13-8-12(18(20,21)22)9-26-16(13)23-24-17(26)28-10-15(27)25-7-3-5-11-4-1-2-6-14(11)25/h1-2,4,6,8-9H,3,5,7,10H2. The van der Waals surface area contributed by atoms with E-state index in [9.17, 15) is 18.0 Å². The highest BCUT2D eigenvalue weighted by molar-refractivity contribution is 7.99. The fourth-order valence-electron chi connectivity index (χ4n) is 3.18. The molecular formula is C18H14ClF3N4OS. The molecule has 3 heterocycles. The summed E-state index contributed by atoms with van der Waals surface area (Å²) in [4.78, 5) is 14.4. The SMILES string of the molecule is O=C(CSc1nnc2c(Cl)cc(C(F)(F)F)cn12)N1CCCc2ccccc21. The molecule has 0 aliphatic carbocycles. The van der Waals surface area contributed by atoms with Crippen molar-refractivity contribution in [2.24, 2.45) is 0 Å². The molecule has 4 rings (SSSR count). The van der Waals surface area contributed by atoms with Crippen molar-refractivity contribution >= 4 is 40.6 Å². The fourth-order valence-corrected chi connectivity index (χ4v) is 4.22. The summed E-state index contributed by atoms with van der Waals surface area (Å²) in [6, 6.07) is 8.53. The molecule has 5 nitrogen and oxygen atoms in total.